The highest BCUT2D eigenvalue weighted by molar-refractivity contribution is 5.36. The first-order valence-electron chi connectivity index (χ1n) is 6.69. The smallest absolute Gasteiger partial charge is 0.165 e. The molecule has 0 amide bonds. The van der Waals surface area contributed by atoms with Gasteiger partial charge in [0.1, 0.15) is 18.1 Å². The molecular weight excluding hydrogens is 285 g/mol. The van der Waals surface area contributed by atoms with Gasteiger partial charge in [-0.25, -0.2) is 9.07 Å². The third kappa shape index (κ3) is 3.06. The molecule has 0 N–H and O–H groups in total. The van der Waals surface area contributed by atoms with Crippen LogP contribution in [-0.4, -0.2) is 22.1 Å². The Morgan fingerprint density at radius 1 is 1.09 bits per heavy atom. The molecular formula is C16H14FN3O2. The van der Waals surface area contributed by atoms with Gasteiger partial charge in [-0.1, -0.05) is 17.3 Å². The van der Waals surface area contributed by atoms with Gasteiger partial charge in [-0.05, 0) is 36.4 Å². The third-order valence-corrected chi connectivity index (χ3v) is 3.09. The van der Waals surface area contributed by atoms with E-state index >= 15 is 0 Å². The van der Waals surface area contributed by atoms with Gasteiger partial charge < -0.3 is 9.47 Å². The second-order valence-electron chi connectivity index (χ2n) is 4.57. The van der Waals surface area contributed by atoms with Crippen LogP contribution in [0.5, 0.6) is 11.5 Å². The first-order valence-corrected chi connectivity index (χ1v) is 6.69. The molecule has 0 saturated carbocycles. The molecule has 6 heteroatoms. The lowest BCUT2D eigenvalue weighted by molar-refractivity contribution is 0.286. The Labute approximate surface area is 126 Å². The first-order chi connectivity index (χ1) is 10.8. The average molecular weight is 299 g/mol. The van der Waals surface area contributed by atoms with Crippen LogP contribution in [0.25, 0.3) is 5.69 Å². The molecule has 0 aliphatic rings. The molecule has 112 valence electrons. The van der Waals surface area contributed by atoms with Crippen LogP contribution in [0, 0.1) is 5.82 Å². The number of rotatable bonds is 5. The molecule has 0 fully saturated rings. The van der Waals surface area contributed by atoms with Crippen molar-refractivity contribution in [3.05, 3.63) is 66.2 Å². The summed E-state index contributed by atoms with van der Waals surface area (Å²) in [5.41, 5.74) is 1.46. The van der Waals surface area contributed by atoms with Crippen LogP contribution < -0.4 is 9.47 Å². The summed E-state index contributed by atoms with van der Waals surface area (Å²) >= 11 is 0. The zero-order valence-corrected chi connectivity index (χ0v) is 11.9. The fraction of sp³-hybridized carbons (Fsp3) is 0.125. The topological polar surface area (TPSA) is 49.2 Å². The van der Waals surface area contributed by atoms with Gasteiger partial charge in [0.25, 0.3) is 0 Å². The number of benzene rings is 2. The second-order valence-corrected chi connectivity index (χ2v) is 4.57. The molecule has 1 aromatic heterocycles. The molecule has 0 unspecified atom stereocenters. The lowest BCUT2D eigenvalue weighted by Gasteiger charge is -2.04. The van der Waals surface area contributed by atoms with E-state index in [4.69, 9.17) is 9.47 Å². The van der Waals surface area contributed by atoms with E-state index in [-0.39, 0.29) is 12.4 Å². The van der Waals surface area contributed by atoms with Crippen LogP contribution in [0.15, 0.2) is 54.7 Å². The van der Waals surface area contributed by atoms with Gasteiger partial charge >= 0.3 is 0 Å². The number of hydrogen-bond acceptors (Lipinski definition) is 4. The molecule has 0 atom stereocenters. The van der Waals surface area contributed by atoms with Crippen molar-refractivity contribution in [3.63, 3.8) is 0 Å². The first kappa shape index (κ1) is 14.1. The maximum Gasteiger partial charge on any atom is 0.165 e. The molecule has 3 aromatic rings. The van der Waals surface area contributed by atoms with Crippen molar-refractivity contribution in [2.75, 3.05) is 7.11 Å². The molecule has 0 saturated heterocycles. The van der Waals surface area contributed by atoms with Crippen LogP contribution in [-0.2, 0) is 6.61 Å². The summed E-state index contributed by atoms with van der Waals surface area (Å²) in [4.78, 5) is 0. The molecule has 2 aromatic carbocycles. The number of halogens is 1. The van der Waals surface area contributed by atoms with Gasteiger partial charge in [0.05, 0.1) is 19.0 Å². The predicted molar refractivity (Wildman–Crippen MR) is 78.6 cm³/mol. The molecule has 0 spiro atoms. The average Bonchev–Trinajstić information content (AvgIpc) is 3.03. The highest BCUT2D eigenvalue weighted by Gasteiger charge is 2.06. The van der Waals surface area contributed by atoms with Crippen LogP contribution in [0.4, 0.5) is 4.39 Å². The molecule has 0 aliphatic heterocycles. The zero-order valence-electron chi connectivity index (χ0n) is 11.9. The van der Waals surface area contributed by atoms with E-state index in [2.05, 4.69) is 10.3 Å². The summed E-state index contributed by atoms with van der Waals surface area (Å²) in [5.74, 6) is 0.568. The van der Waals surface area contributed by atoms with E-state index < -0.39 is 5.82 Å². The number of nitrogens with zero attached hydrogens (tertiary/aromatic N) is 3. The Morgan fingerprint density at radius 2 is 1.86 bits per heavy atom. The molecule has 0 bridgehead atoms. The van der Waals surface area contributed by atoms with Gasteiger partial charge in [-0.3, -0.25) is 0 Å². The fourth-order valence-corrected chi connectivity index (χ4v) is 1.94. The molecule has 0 radical (unpaired) electrons. The zero-order chi connectivity index (χ0) is 15.4. The number of methoxy groups -OCH3 is 1. The third-order valence-electron chi connectivity index (χ3n) is 3.09. The number of aromatic nitrogens is 3. The highest BCUT2D eigenvalue weighted by Crippen LogP contribution is 2.17. The van der Waals surface area contributed by atoms with Gasteiger partial charge in [-0.15, -0.1) is 5.10 Å². The Morgan fingerprint density at radius 3 is 2.59 bits per heavy atom. The van der Waals surface area contributed by atoms with Gasteiger partial charge in [0, 0.05) is 0 Å². The summed E-state index contributed by atoms with van der Waals surface area (Å²) < 4.78 is 25.6. The quantitative estimate of drug-likeness (QED) is 0.726. The predicted octanol–water partition coefficient (Wildman–Crippen LogP) is 2.99. The van der Waals surface area contributed by atoms with Crippen molar-refractivity contribution in [2.24, 2.45) is 0 Å². The maximum absolute atomic E-state index is 13.5. The molecule has 1 heterocycles. The maximum atomic E-state index is 13.5. The normalized spacial score (nSPS) is 10.5. The minimum Gasteiger partial charge on any atom is -0.497 e. The number of hydrogen-bond donors (Lipinski definition) is 0. The van der Waals surface area contributed by atoms with E-state index in [0.29, 0.717) is 5.69 Å². The van der Waals surface area contributed by atoms with Gasteiger partial charge in [-0.2, -0.15) is 0 Å². The lowest BCUT2D eigenvalue weighted by atomic mass is 10.3. The van der Waals surface area contributed by atoms with E-state index in [1.54, 1.807) is 36.2 Å². The molecule has 0 aliphatic carbocycles. The Bertz CT molecular complexity index is 756. The van der Waals surface area contributed by atoms with E-state index in [9.17, 15) is 4.39 Å². The van der Waals surface area contributed by atoms with Crippen molar-refractivity contribution < 1.29 is 13.9 Å². The lowest BCUT2D eigenvalue weighted by Crippen LogP contribution is -1.97. The van der Waals surface area contributed by atoms with Crippen LogP contribution in [0.2, 0.25) is 0 Å². The summed E-state index contributed by atoms with van der Waals surface area (Å²) in [7, 11) is 1.61. The molecule has 22 heavy (non-hydrogen) atoms. The Kier molecular flexibility index (Phi) is 4.00. The van der Waals surface area contributed by atoms with E-state index in [1.807, 2.05) is 24.3 Å². The van der Waals surface area contributed by atoms with Crippen molar-refractivity contribution >= 4 is 0 Å². The van der Waals surface area contributed by atoms with Gasteiger partial charge in [0.2, 0.25) is 0 Å². The highest BCUT2D eigenvalue weighted by atomic mass is 19.1. The number of para-hydroxylation sites is 1. The molecule has 3 rings (SSSR count). The van der Waals surface area contributed by atoms with Gasteiger partial charge in [0.15, 0.2) is 11.6 Å². The SMILES string of the molecule is COc1ccc(-n2cc(COc3ccccc3F)nn2)cc1. The summed E-state index contributed by atoms with van der Waals surface area (Å²) in [5, 5.41) is 8.04. The summed E-state index contributed by atoms with van der Waals surface area (Å²) in [6, 6.07) is 13.7. The monoisotopic (exact) mass is 299 g/mol. The largest absolute Gasteiger partial charge is 0.497 e. The van der Waals surface area contributed by atoms with Crippen molar-refractivity contribution in [3.8, 4) is 17.2 Å². The summed E-state index contributed by atoms with van der Waals surface area (Å²) in [6.45, 7) is 0.150. The summed E-state index contributed by atoms with van der Waals surface area (Å²) in [6.07, 6.45) is 1.74. The number of ether oxygens (including phenoxy) is 2. The standard InChI is InChI=1S/C16H14FN3O2/c1-21-14-8-6-13(7-9-14)20-10-12(18-19-20)11-22-16-5-3-2-4-15(16)17/h2-10H,11H2,1H3. The van der Waals surface area contributed by atoms with E-state index in [1.165, 1.54) is 6.07 Å². The Hall–Kier alpha value is -2.89. The van der Waals surface area contributed by atoms with Crippen molar-refractivity contribution in [1.29, 1.82) is 0 Å². The van der Waals surface area contributed by atoms with Crippen LogP contribution >= 0.6 is 0 Å². The fourth-order valence-electron chi connectivity index (χ4n) is 1.94. The van der Waals surface area contributed by atoms with Crippen LogP contribution in [0.3, 0.4) is 0 Å². The minimum absolute atomic E-state index is 0.150. The van der Waals surface area contributed by atoms with Crippen molar-refractivity contribution in [2.45, 2.75) is 6.61 Å². The molecule has 5 nitrogen and oxygen atoms in total. The van der Waals surface area contributed by atoms with Crippen molar-refractivity contribution in [1.82, 2.24) is 15.0 Å². The Balaban J connectivity index is 1.69. The second kappa shape index (κ2) is 6.26. The van der Waals surface area contributed by atoms with E-state index in [0.717, 1.165) is 11.4 Å². The van der Waals surface area contributed by atoms with Crippen LogP contribution in [0.1, 0.15) is 5.69 Å². The minimum atomic E-state index is -0.398.